The fourth-order valence-corrected chi connectivity index (χ4v) is 6.21. The van der Waals surface area contributed by atoms with Gasteiger partial charge < -0.3 is 24.6 Å². The maximum atomic E-state index is 13.6. The molecule has 3 heterocycles. The van der Waals surface area contributed by atoms with Gasteiger partial charge in [0.25, 0.3) is 0 Å². The Morgan fingerprint density at radius 1 is 1.10 bits per heavy atom. The molecule has 220 valence electrons. The zero-order valence-corrected chi connectivity index (χ0v) is 23.6. The summed E-state index contributed by atoms with van der Waals surface area (Å²) >= 11 is 0. The smallest absolute Gasteiger partial charge is 0.410 e. The van der Waals surface area contributed by atoms with E-state index in [1.54, 1.807) is 7.11 Å². The molecular formula is C32H35N3O7. The average molecular weight is 574 g/mol. The SMILES string of the molecule is COc1ccc2c(O[C@@H]3C[C@H]4C(=O)N[C@]5(C(=O)O)C[C@H]5CCCCCCOC(=O)N4C3)cc(-c3ccccc3)nc2c1. The zero-order chi connectivity index (χ0) is 29.3. The average Bonchev–Trinajstić information content (AvgIpc) is 3.53. The molecular weight excluding hydrogens is 538 g/mol. The van der Waals surface area contributed by atoms with Gasteiger partial charge in [0, 0.05) is 29.5 Å². The predicted molar refractivity (Wildman–Crippen MR) is 154 cm³/mol. The van der Waals surface area contributed by atoms with Gasteiger partial charge in [-0.2, -0.15) is 0 Å². The Morgan fingerprint density at radius 3 is 2.69 bits per heavy atom. The monoisotopic (exact) mass is 573 g/mol. The quantitative estimate of drug-likeness (QED) is 0.446. The summed E-state index contributed by atoms with van der Waals surface area (Å²) in [6, 6.07) is 16.2. The molecule has 0 unspecified atom stereocenters. The lowest BCUT2D eigenvalue weighted by molar-refractivity contribution is -0.144. The van der Waals surface area contributed by atoms with E-state index < -0.39 is 35.7 Å². The van der Waals surface area contributed by atoms with Crippen LogP contribution in [0.5, 0.6) is 11.5 Å². The largest absolute Gasteiger partial charge is 0.497 e. The minimum Gasteiger partial charge on any atom is -0.497 e. The van der Waals surface area contributed by atoms with Gasteiger partial charge in [-0.3, -0.25) is 9.69 Å². The molecule has 2 saturated heterocycles. The van der Waals surface area contributed by atoms with E-state index in [1.165, 1.54) is 4.90 Å². The summed E-state index contributed by atoms with van der Waals surface area (Å²) in [5.41, 5.74) is 1.03. The van der Waals surface area contributed by atoms with Gasteiger partial charge in [0.05, 0.1) is 31.5 Å². The van der Waals surface area contributed by atoms with Crippen LogP contribution in [-0.4, -0.2) is 70.9 Å². The first-order valence-electron chi connectivity index (χ1n) is 14.6. The molecule has 3 aliphatic rings. The molecule has 1 saturated carbocycles. The van der Waals surface area contributed by atoms with Gasteiger partial charge in [-0.15, -0.1) is 0 Å². The van der Waals surface area contributed by atoms with E-state index in [1.807, 2.05) is 54.6 Å². The van der Waals surface area contributed by atoms with Crippen LogP contribution >= 0.6 is 0 Å². The number of cyclic esters (lactones) is 1. The molecule has 6 rings (SSSR count). The molecule has 4 atom stereocenters. The summed E-state index contributed by atoms with van der Waals surface area (Å²) in [6.45, 7) is 0.399. The van der Waals surface area contributed by atoms with Crippen LogP contribution in [0, 0.1) is 5.92 Å². The predicted octanol–water partition coefficient (Wildman–Crippen LogP) is 4.79. The highest BCUT2D eigenvalue weighted by Gasteiger charge is 2.62. The number of hydrogen-bond donors (Lipinski definition) is 2. The van der Waals surface area contributed by atoms with Crippen LogP contribution in [0.15, 0.2) is 54.6 Å². The molecule has 2 N–H and O–H groups in total. The van der Waals surface area contributed by atoms with E-state index in [9.17, 15) is 19.5 Å². The summed E-state index contributed by atoms with van der Waals surface area (Å²) in [5, 5.41) is 13.6. The summed E-state index contributed by atoms with van der Waals surface area (Å²) < 4.78 is 17.5. The number of nitrogens with zero attached hydrogens (tertiary/aromatic N) is 2. The third-order valence-electron chi connectivity index (χ3n) is 8.65. The first-order valence-corrected chi connectivity index (χ1v) is 14.6. The van der Waals surface area contributed by atoms with Gasteiger partial charge in [-0.05, 0) is 37.3 Å². The highest BCUT2D eigenvalue weighted by atomic mass is 16.6. The second-order valence-corrected chi connectivity index (χ2v) is 11.4. The van der Waals surface area contributed by atoms with Gasteiger partial charge >= 0.3 is 12.1 Å². The van der Waals surface area contributed by atoms with Crippen LogP contribution in [-0.2, 0) is 14.3 Å². The standard InChI is InChI=1S/C32H35N3O7/c1-40-22-12-13-24-26(15-22)33-25(20-9-5-4-6-10-20)17-28(24)42-23-16-27-29(36)34-32(30(37)38)18-21(32)11-7-2-3-8-14-41-31(39)35(27)19-23/h4-6,9-10,12-13,15,17,21,23,27H,2-3,7-8,11,14,16,18-19H2,1H3,(H,34,36)(H,37,38)/t21-,23-,27+,32-/m1/s1. The van der Waals surface area contributed by atoms with Crippen molar-refractivity contribution in [1.82, 2.24) is 15.2 Å². The first-order chi connectivity index (χ1) is 20.4. The van der Waals surface area contributed by atoms with Crippen molar-refractivity contribution in [2.45, 2.75) is 62.6 Å². The molecule has 1 aromatic heterocycles. The Bertz CT molecular complexity index is 1500. The lowest BCUT2D eigenvalue weighted by Crippen LogP contribution is -2.53. The van der Waals surface area contributed by atoms with Gasteiger partial charge in [0.2, 0.25) is 5.91 Å². The van der Waals surface area contributed by atoms with E-state index >= 15 is 0 Å². The number of aromatic nitrogens is 1. The van der Waals surface area contributed by atoms with E-state index in [-0.39, 0.29) is 25.5 Å². The second kappa shape index (κ2) is 11.5. The minimum absolute atomic E-state index is 0.104. The van der Waals surface area contributed by atoms with Crippen LogP contribution in [0.1, 0.15) is 44.9 Å². The van der Waals surface area contributed by atoms with E-state index in [2.05, 4.69) is 5.32 Å². The number of fused-ring (bicyclic) bond motifs is 3. The molecule has 1 aliphatic carbocycles. The summed E-state index contributed by atoms with van der Waals surface area (Å²) in [6.07, 6.45) is 3.64. The number of carbonyl (C=O) groups excluding carboxylic acids is 2. The second-order valence-electron chi connectivity index (χ2n) is 11.4. The van der Waals surface area contributed by atoms with Crippen LogP contribution < -0.4 is 14.8 Å². The van der Waals surface area contributed by atoms with Crippen molar-refractivity contribution in [3.05, 3.63) is 54.6 Å². The normalized spacial score (nSPS) is 26.3. The van der Waals surface area contributed by atoms with Crippen molar-refractivity contribution in [1.29, 1.82) is 0 Å². The van der Waals surface area contributed by atoms with E-state index in [0.717, 1.165) is 43.1 Å². The number of pyridine rings is 1. The van der Waals surface area contributed by atoms with Crippen molar-refractivity contribution < 1.29 is 33.7 Å². The molecule has 2 aromatic carbocycles. The molecule has 2 amide bonds. The number of ether oxygens (including phenoxy) is 3. The maximum absolute atomic E-state index is 13.6. The highest BCUT2D eigenvalue weighted by Crippen LogP contribution is 2.47. The lowest BCUT2D eigenvalue weighted by atomic mass is 10.1. The Kier molecular flexibility index (Phi) is 7.62. The number of rotatable bonds is 5. The molecule has 2 aliphatic heterocycles. The Morgan fingerprint density at radius 2 is 1.90 bits per heavy atom. The molecule has 0 bridgehead atoms. The topological polar surface area (TPSA) is 127 Å². The van der Waals surface area contributed by atoms with Crippen LogP contribution in [0.4, 0.5) is 4.79 Å². The third-order valence-corrected chi connectivity index (χ3v) is 8.65. The summed E-state index contributed by atoms with van der Waals surface area (Å²) in [7, 11) is 1.60. The summed E-state index contributed by atoms with van der Waals surface area (Å²) in [4.78, 5) is 45.2. The van der Waals surface area contributed by atoms with Gasteiger partial charge in [0.15, 0.2) is 0 Å². The first kappa shape index (κ1) is 27.8. The fourth-order valence-electron chi connectivity index (χ4n) is 6.21. The molecule has 0 radical (unpaired) electrons. The number of carbonyl (C=O) groups is 3. The molecule has 3 fully saturated rings. The molecule has 10 nitrogen and oxygen atoms in total. The molecule has 0 spiro atoms. The number of hydrogen-bond acceptors (Lipinski definition) is 7. The van der Waals surface area contributed by atoms with Crippen LogP contribution in [0.3, 0.4) is 0 Å². The van der Waals surface area contributed by atoms with E-state index in [0.29, 0.717) is 29.1 Å². The maximum Gasteiger partial charge on any atom is 0.410 e. The van der Waals surface area contributed by atoms with Crippen molar-refractivity contribution in [2.24, 2.45) is 5.92 Å². The molecule has 42 heavy (non-hydrogen) atoms. The Balaban J connectivity index is 1.30. The Hall–Kier alpha value is -4.34. The van der Waals surface area contributed by atoms with Gasteiger partial charge in [-0.1, -0.05) is 49.6 Å². The van der Waals surface area contributed by atoms with E-state index in [4.69, 9.17) is 19.2 Å². The third kappa shape index (κ3) is 5.45. The number of carboxylic acid groups (broad SMARTS) is 1. The fraction of sp³-hybridized carbons (Fsp3) is 0.438. The van der Waals surface area contributed by atoms with Gasteiger partial charge in [-0.25, -0.2) is 14.6 Å². The summed E-state index contributed by atoms with van der Waals surface area (Å²) in [5.74, 6) is -0.398. The van der Waals surface area contributed by atoms with Crippen molar-refractivity contribution in [3.8, 4) is 22.8 Å². The zero-order valence-electron chi connectivity index (χ0n) is 23.6. The molecule has 10 heteroatoms. The van der Waals surface area contributed by atoms with Crippen LogP contribution in [0.2, 0.25) is 0 Å². The number of methoxy groups -OCH3 is 1. The molecule has 3 aromatic rings. The minimum atomic E-state index is -1.28. The number of amides is 2. The number of nitrogens with one attached hydrogen (secondary N) is 1. The van der Waals surface area contributed by atoms with Crippen molar-refractivity contribution in [2.75, 3.05) is 20.3 Å². The number of aliphatic carboxylic acids is 1. The van der Waals surface area contributed by atoms with Crippen LogP contribution in [0.25, 0.3) is 22.2 Å². The lowest BCUT2D eigenvalue weighted by Gasteiger charge is -2.25. The highest BCUT2D eigenvalue weighted by molar-refractivity contribution is 5.94. The van der Waals surface area contributed by atoms with Crippen molar-refractivity contribution >= 4 is 28.9 Å². The Labute approximate surface area is 244 Å². The number of carboxylic acids is 1. The van der Waals surface area contributed by atoms with Gasteiger partial charge in [0.1, 0.15) is 29.2 Å². The number of benzene rings is 2. The van der Waals surface area contributed by atoms with Crippen molar-refractivity contribution in [3.63, 3.8) is 0 Å².